The molecule has 0 aromatic carbocycles. The Balaban J connectivity index is 0.000000810. The van der Waals surface area contributed by atoms with Gasteiger partial charge in [-0.3, -0.25) is 0 Å². The van der Waals surface area contributed by atoms with Gasteiger partial charge in [-0.05, 0) is 0 Å². The van der Waals surface area contributed by atoms with Crippen LogP contribution in [0.5, 0.6) is 0 Å². The molecule has 4 nitrogen and oxygen atoms in total. The maximum atomic E-state index is 9.63. The molecule has 1 amide bonds. The Labute approximate surface area is 83.7 Å². The average Bonchev–Trinajstić information content (AvgIpc) is 2.34. The third-order valence-corrected chi connectivity index (χ3v) is 0.906. The topological polar surface area (TPSA) is 57.8 Å². The standard InChI is InChI=1S/C5H6N3O.Y/c9-4-7-2-5-1-6-3-8-5;/h1,3H,2H2,(H,6,8)(H,7,9);/q-1;+3. The number of rotatable bonds is 3. The van der Waals surface area contributed by atoms with Crippen LogP contribution in [0.2, 0.25) is 0 Å². The summed E-state index contributed by atoms with van der Waals surface area (Å²) in [6.07, 6.45) is 4.76. The Morgan fingerprint density at radius 3 is 3.10 bits per heavy atom. The van der Waals surface area contributed by atoms with E-state index < -0.39 is 0 Å². The molecule has 48 valence electrons. The first-order chi connectivity index (χ1) is 4.43. The number of nitrogens with one attached hydrogen (secondary N) is 2. The molecule has 0 saturated heterocycles. The van der Waals surface area contributed by atoms with Crippen LogP contribution in [0.1, 0.15) is 5.69 Å². The number of H-pyrrole nitrogens is 1. The van der Waals surface area contributed by atoms with Gasteiger partial charge in [-0.1, -0.05) is 0 Å². The molecule has 0 unspecified atom stereocenters. The van der Waals surface area contributed by atoms with E-state index >= 15 is 0 Å². The van der Waals surface area contributed by atoms with Crippen LogP contribution in [0.4, 0.5) is 0 Å². The SMILES string of the molecule is O=[C-]NCc1cnc[nH]1.[Y+3]. The summed E-state index contributed by atoms with van der Waals surface area (Å²) < 4.78 is 0. The molecule has 0 aliphatic heterocycles. The number of carbonyl (C=O) groups excluding carboxylic acids is 1. The van der Waals surface area contributed by atoms with Gasteiger partial charge in [0.05, 0.1) is 12.0 Å². The van der Waals surface area contributed by atoms with Crippen LogP contribution in [-0.2, 0) is 44.0 Å². The molecular weight excluding hydrogens is 207 g/mol. The minimum Gasteiger partial charge on any atom is -0.525 e. The second kappa shape index (κ2) is 5.56. The van der Waals surface area contributed by atoms with Crippen molar-refractivity contribution in [2.45, 2.75) is 6.54 Å². The number of nitrogens with zero attached hydrogens (tertiary/aromatic N) is 1. The Kier molecular flexibility index (Phi) is 5.44. The molecular formula is C5H6N3OY+2. The molecule has 1 aromatic rings. The van der Waals surface area contributed by atoms with E-state index in [0.29, 0.717) is 6.54 Å². The van der Waals surface area contributed by atoms with Crippen LogP contribution < -0.4 is 5.32 Å². The predicted octanol–water partition coefficient (Wildman–Crippen LogP) is -0.436. The van der Waals surface area contributed by atoms with Crippen molar-refractivity contribution in [3.8, 4) is 0 Å². The van der Waals surface area contributed by atoms with Crippen LogP contribution in [0.25, 0.3) is 0 Å². The minimum atomic E-state index is 0. The molecule has 10 heavy (non-hydrogen) atoms. The molecule has 0 bridgehead atoms. The summed E-state index contributed by atoms with van der Waals surface area (Å²) in [5.41, 5.74) is 0.873. The summed E-state index contributed by atoms with van der Waals surface area (Å²) in [6.45, 7) is 0.462. The first kappa shape index (κ1) is 9.78. The van der Waals surface area contributed by atoms with Crippen molar-refractivity contribution < 1.29 is 37.5 Å². The Morgan fingerprint density at radius 1 is 1.80 bits per heavy atom. The number of aromatic amines is 1. The van der Waals surface area contributed by atoms with Gasteiger partial charge < -0.3 is 15.1 Å². The second-order valence-corrected chi connectivity index (χ2v) is 1.53. The van der Waals surface area contributed by atoms with E-state index in [1.54, 1.807) is 18.9 Å². The van der Waals surface area contributed by atoms with Crippen LogP contribution >= 0.6 is 0 Å². The van der Waals surface area contributed by atoms with Crippen molar-refractivity contribution in [1.82, 2.24) is 15.3 Å². The molecule has 5 heteroatoms. The fourth-order valence-corrected chi connectivity index (χ4v) is 0.513. The third kappa shape index (κ3) is 3.08. The molecule has 0 atom stereocenters. The van der Waals surface area contributed by atoms with Crippen molar-refractivity contribution in [3.63, 3.8) is 0 Å². The molecule has 1 heterocycles. The van der Waals surface area contributed by atoms with Crippen molar-refractivity contribution in [1.29, 1.82) is 0 Å². The number of hydrogen-bond acceptors (Lipinski definition) is 2. The zero-order valence-corrected chi connectivity index (χ0v) is 8.13. The van der Waals surface area contributed by atoms with Crippen LogP contribution in [0.3, 0.4) is 0 Å². The second-order valence-electron chi connectivity index (χ2n) is 1.53. The van der Waals surface area contributed by atoms with Gasteiger partial charge in [0.2, 0.25) is 0 Å². The normalized spacial score (nSPS) is 8.00. The van der Waals surface area contributed by atoms with E-state index in [9.17, 15) is 4.79 Å². The summed E-state index contributed by atoms with van der Waals surface area (Å²) >= 11 is 0. The largest absolute Gasteiger partial charge is 3.00 e. The van der Waals surface area contributed by atoms with E-state index in [1.165, 1.54) is 0 Å². The zero-order valence-electron chi connectivity index (χ0n) is 5.29. The maximum absolute atomic E-state index is 9.63. The van der Waals surface area contributed by atoms with E-state index in [-0.39, 0.29) is 32.7 Å². The van der Waals surface area contributed by atoms with E-state index in [2.05, 4.69) is 15.3 Å². The molecule has 0 fully saturated rings. The number of amides is 1. The smallest absolute Gasteiger partial charge is 0.525 e. The van der Waals surface area contributed by atoms with Gasteiger partial charge in [-0.2, -0.15) is 6.41 Å². The fourth-order valence-electron chi connectivity index (χ4n) is 0.513. The summed E-state index contributed by atoms with van der Waals surface area (Å²) in [7, 11) is 0. The Bertz CT molecular complexity index is 175. The van der Waals surface area contributed by atoms with Gasteiger partial charge in [0.1, 0.15) is 0 Å². The van der Waals surface area contributed by atoms with Gasteiger partial charge >= 0.3 is 32.7 Å². The van der Waals surface area contributed by atoms with Crippen molar-refractivity contribution in [2.75, 3.05) is 0 Å². The quantitative estimate of drug-likeness (QED) is 0.528. The van der Waals surface area contributed by atoms with Gasteiger partial charge in [0, 0.05) is 12.7 Å². The predicted molar refractivity (Wildman–Crippen MR) is 31.1 cm³/mol. The molecule has 1 aromatic heterocycles. The summed E-state index contributed by atoms with van der Waals surface area (Å²) in [4.78, 5) is 16.2. The summed E-state index contributed by atoms with van der Waals surface area (Å²) in [5.74, 6) is 0. The van der Waals surface area contributed by atoms with Crippen molar-refractivity contribution in [3.05, 3.63) is 18.2 Å². The molecule has 2 N–H and O–H groups in total. The summed E-state index contributed by atoms with van der Waals surface area (Å²) in [5, 5.41) is 2.37. The molecule has 0 radical (unpaired) electrons. The minimum absolute atomic E-state index is 0. The van der Waals surface area contributed by atoms with E-state index in [0.717, 1.165) is 5.69 Å². The van der Waals surface area contributed by atoms with E-state index in [4.69, 9.17) is 0 Å². The average molecular weight is 213 g/mol. The molecule has 0 spiro atoms. The number of imidazole rings is 1. The zero-order chi connectivity index (χ0) is 6.53. The molecule has 0 aliphatic carbocycles. The first-order valence-corrected chi connectivity index (χ1v) is 2.50. The van der Waals surface area contributed by atoms with Crippen LogP contribution in [0, 0.1) is 0 Å². The fraction of sp³-hybridized carbons (Fsp3) is 0.200. The third-order valence-electron chi connectivity index (χ3n) is 0.906. The molecule has 0 saturated carbocycles. The maximum Gasteiger partial charge on any atom is 3.00 e. The number of hydrogen-bond donors (Lipinski definition) is 2. The van der Waals surface area contributed by atoms with Gasteiger partial charge in [0.15, 0.2) is 0 Å². The van der Waals surface area contributed by atoms with E-state index in [1.807, 2.05) is 0 Å². The molecule has 1 rings (SSSR count). The monoisotopic (exact) mass is 213 g/mol. The van der Waals surface area contributed by atoms with Crippen LogP contribution in [0.15, 0.2) is 12.5 Å². The van der Waals surface area contributed by atoms with Gasteiger partial charge in [-0.15, -0.1) is 0 Å². The van der Waals surface area contributed by atoms with Gasteiger partial charge in [0.25, 0.3) is 0 Å². The number of aromatic nitrogens is 2. The summed E-state index contributed by atoms with van der Waals surface area (Å²) in [6, 6.07) is 0. The van der Waals surface area contributed by atoms with Gasteiger partial charge in [-0.25, -0.2) is 4.98 Å². The van der Waals surface area contributed by atoms with Crippen molar-refractivity contribution >= 4 is 6.41 Å². The van der Waals surface area contributed by atoms with Crippen LogP contribution in [-0.4, -0.2) is 16.4 Å². The van der Waals surface area contributed by atoms with Crippen molar-refractivity contribution in [2.24, 2.45) is 0 Å². The molecule has 0 aliphatic rings. The Hall–Kier alpha value is -0.216. The first-order valence-electron chi connectivity index (χ1n) is 2.50. The Morgan fingerprint density at radius 2 is 2.60 bits per heavy atom.